The van der Waals surface area contributed by atoms with Gasteiger partial charge in [0.05, 0.1) is 12.6 Å². The summed E-state index contributed by atoms with van der Waals surface area (Å²) in [6.07, 6.45) is 6.79. The molecule has 0 bridgehead atoms. The Kier molecular flexibility index (Phi) is 2.81. The van der Waals surface area contributed by atoms with Crippen LogP contribution in [-0.4, -0.2) is 16.7 Å². The van der Waals surface area contributed by atoms with E-state index in [9.17, 15) is 0 Å². The van der Waals surface area contributed by atoms with Gasteiger partial charge in [-0.05, 0) is 12.0 Å². The van der Waals surface area contributed by atoms with Gasteiger partial charge in [-0.15, -0.1) is 6.42 Å². The van der Waals surface area contributed by atoms with Gasteiger partial charge in [-0.2, -0.15) is 0 Å². The largest absolute Gasteiger partial charge is 0.394 e. The predicted molar refractivity (Wildman–Crippen MR) is 46.2 cm³/mol. The van der Waals surface area contributed by atoms with Gasteiger partial charge in [0.1, 0.15) is 5.69 Å². The zero-order valence-electron chi connectivity index (χ0n) is 6.57. The van der Waals surface area contributed by atoms with Crippen molar-refractivity contribution in [3.63, 3.8) is 0 Å². The minimum Gasteiger partial charge on any atom is -0.394 e. The van der Waals surface area contributed by atoms with E-state index in [-0.39, 0.29) is 6.61 Å². The summed E-state index contributed by atoms with van der Waals surface area (Å²) in [6, 6.07) is 3.07. The third-order valence-corrected chi connectivity index (χ3v) is 1.57. The average Bonchev–Trinajstić information content (AvgIpc) is 2.16. The number of nitrogens with zero attached hydrogens (tertiary/aromatic N) is 1. The fraction of sp³-hybridized carbons (Fsp3) is 0.222. The molecule has 1 atom stereocenters. The Bertz CT molecular complexity index is 304. The molecule has 0 aliphatic heterocycles. The fourth-order valence-corrected chi connectivity index (χ4v) is 0.936. The van der Waals surface area contributed by atoms with Crippen LogP contribution in [0.25, 0.3) is 0 Å². The molecule has 0 aliphatic rings. The van der Waals surface area contributed by atoms with Crippen molar-refractivity contribution in [3.05, 3.63) is 29.6 Å². The number of hydrogen-bond acceptors (Lipinski definition) is 3. The lowest BCUT2D eigenvalue weighted by molar-refractivity contribution is 0.267. The molecule has 0 fully saturated rings. The lowest BCUT2D eigenvalue weighted by Crippen LogP contribution is -2.16. The minimum absolute atomic E-state index is 0.125. The van der Waals surface area contributed by atoms with Gasteiger partial charge < -0.3 is 10.8 Å². The summed E-state index contributed by atoms with van der Waals surface area (Å²) in [5.74, 6) is 2.41. The van der Waals surface area contributed by atoms with Crippen molar-refractivity contribution in [2.75, 3.05) is 6.61 Å². The van der Waals surface area contributed by atoms with Crippen LogP contribution >= 0.6 is 0 Å². The zero-order valence-corrected chi connectivity index (χ0v) is 6.57. The van der Waals surface area contributed by atoms with Crippen molar-refractivity contribution in [2.45, 2.75) is 6.04 Å². The molecule has 3 N–H and O–H groups in total. The summed E-state index contributed by atoms with van der Waals surface area (Å²) >= 11 is 0. The van der Waals surface area contributed by atoms with E-state index >= 15 is 0 Å². The van der Waals surface area contributed by atoms with E-state index in [0.717, 1.165) is 0 Å². The highest BCUT2D eigenvalue weighted by atomic mass is 16.3. The molecule has 0 aliphatic carbocycles. The number of aromatic nitrogens is 1. The summed E-state index contributed by atoms with van der Waals surface area (Å²) in [4.78, 5) is 3.94. The molecule has 3 nitrogen and oxygen atoms in total. The van der Waals surface area contributed by atoms with Crippen LogP contribution in [0.2, 0.25) is 0 Å². The van der Waals surface area contributed by atoms with Crippen LogP contribution in [-0.2, 0) is 0 Å². The molecule has 1 aromatic rings. The molecular weight excluding hydrogens is 152 g/mol. The normalized spacial score (nSPS) is 12.1. The number of hydrogen-bond donors (Lipinski definition) is 2. The Morgan fingerprint density at radius 1 is 1.75 bits per heavy atom. The van der Waals surface area contributed by atoms with Crippen molar-refractivity contribution in [1.82, 2.24) is 4.98 Å². The second kappa shape index (κ2) is 3.86. The van der Waals surface area contributed by atoms with Gasteiger partial charge in [0.2, 0.25) is 0 Å². The Morgan fingerprint density at radius 2 is 2.50 bits per heavy atom. The minimum atomic E-state index is -0.440. The van der Waals surface area contributed by atoms with Crippen molar-refractivity contribution >= 4 is 0 Å². The molecule has 0 saturated carbocycles. The Balaban J connectivity index is 3.07. The molecule has 0 aromatic carbocycles. The first-order valence-corrected chi connectivity index (χ1v) is 3.57. The van der Waals surface area contributed by atoms with Crippen LogP contribution < -0.4 is 5.73 Å². The number of nitrogens with two attached hydrogens (primary N) is 1. The number of rotatable bonds is 2. The SMILES string of the molecule is C#Cc1ncccc1[C@H](N)CO. The van der Waals surface area contributed by atoms with E-state index in [4.69, 9.17) is 17.3 Å². The summed E-state index contributed by atoms with van der Waals surface area (Å²) in [7, 11) is 0. The third-order valence-electron chi connectivity index (χ3n) is 1.57. The second-order valence-corrected chi connectivity index (χ2v) is 2.37. The molecule has 0 spiro atoms. The number of pyridine rings is 1. The molecule has 0 amide bonds. The van der Waals surface area contributed by atoms with Crippen LogP contribution in [0, 0.1) is 12.3 Å². The van der Waals surface area contributed by atoms with Crippen LogP contribution in [0.1, 0.15) is 17.3 Å². The molecule has 3 heteroatoms. The van der Waals surface area contributed by atoms with Crippen molar-refractivity contribution < 1.29 is 5.11 Å². The first kappa shape index (κ1) is 8.72. The van der Waals surface area contributed by atoms with Crippen LogP contribution in [0.3, 0.4) is 0 Å². The molecule has 1 rings (SSSR count). The number of aliphatic hydroxyl groups excluding tert-OH is 1. The zero-order chi connectivity index (χ0) is 8.97. The Morgan fingerprint density at radius 3 is 3.08 bits per heavy atom. The van der Waals surface area contributed by atoms with Gasteiger partial charge in [-0.25, -0.2) is 4.98 Å². The maximum absolute atomic E-state index is 8.79. The number of terminal acetylenes is 1. The highest BCUT2D eigenvalue weighted by molar-refractivity contribution is 5.35. The predicted octanol–water partition coefficient (Wildman–Crippen LogP) is 0.0550. The van der Waals surface area contributed by atoms with Crippen molar-refractivity contribution in [2.24, 2.45) is 5.73 Å². The van der Waals surface area contributed by atoms with Gasteiger partial charge in [-0.3, -0.25) is 0 Å². The molecule has 0 radical (unpaired) electrons. The van der Waals surface area contributed by atoms with Gasteiger partial charge in [0, 0.05) is 11.8 Å². The van der Waals surface area contributed by atoms with E-state index in [1.807, 2.05) is 0 Å². The Labute approximate surface area is 71.2 Å². The first-order chi connectivity index (χ1) is 5.79. The van der Waals surface area contributed by atoms with Crippen LogP contribution in [0.15, 0.2) is 18.3 Å². The number of aliphatic hydroxyl groups is 1. The third kappa shape index (κ3) is 1.62. The van der Waals surface area contributed by atoms with E-state index in [1.165, 1.54) is 0 Å². The van der Waals surface area contributed by atoms with E-state index < -0.39 is 6.04 Å². The monoisotopic (exact) mass is 162 g/mol. The van der Waals surface area contributed by atoms with E-state index in [0.29, 0.717) is 11.3 Å². The summed E-state index contributed by atoms with van der Waals surface area (Å²) in [6.45, 7) is -0.125. The summed E-state index contributed by atoms with van der Waals surface area (Å²) < 4.78 is 0. The highest BCUT2D eigenvalue weighted by Gasteiger charge is 2.08. The Hall–Kier alpha value is -1.37. The summed E-state index contributed by atoms with van der Waals surface area (Å²) in [5.41, 5.74) is 6.79. The standard InChI is InChI=1S/C9H10N2O/c1-2-9-7(8(10)6-12)4-3-5-11-9/h1,3-5,8,12H,6,10H2/t8-/m1/s1. The highest BCUT2D eigenvalue weighted by Crippen LogP contribution is 2.11. The quantitative estimate of drug-likeness (QED) is 0.604. The summed E-state index contributed by atoms with van der Waals surface area (Å²) in [5, 5.41) is 8.79. The molecular formula is C9H10N2O. The van der Waals surface area contributed by atoms with E-state index in [2.05, 4.69) is 10.9 Å². The molecule has 0 saturated heterocycles. The van der Waals surface area contributed by atoms with E-state index in [1.54, 1.807) is 18.3 Å². The topological polar surface area (TPSA) is 59.1 Å². The molecule has 12 heavy (non-hydrogen) atoms. The first-order valence-electron chi connectivity index (χ1n) is 3.57. The maximum Gasteiger partial charge on any atom is 0.117 e. The molecule has 1 heterocycles. The lowest BCUT2D eigenvalue weighted by atomic mass is 10.1. The average molecular weight is 162 g/mol. The van der Waals surface area contributed by atoms with Crippen molar-refractivity contribution in [1.29, 1.82) is 0 Å². The van der Waals surface area contributed by atoms with Gasteiger partial charge >= 0.3 is 0 Å². The molecule has 1 aromatic heterocycles. The van der Waals surface area contributed by atoms with Gasteiger partial charge in [0.25, 0.3) is 0 Å². The second-order valence-electron chi connectivity index (χ2n) is 2.37. The maximum atomic E-state index is 8.79. The lowest BCUT2D eigenvalue weighted by Gasteiger charge is -2.08. The van der Waals surface area contributed by atoms with Gasteiger partial charge in [-0.1, -0.05) is 6.07 Å². The van der Waals surface area contributed by atoms with Gasteiger partial charge in [0.15, 0.2) is 0 Å². The molecule has 0 unspecified atom stereocenters. The van der Waals surface area contributed by atoms with Crippen LogP contribution in [0.5, 0.6) is 0 Å². The van der Waals surface area contributed by atoms with Crippen LogP contribution in [0.4, 0.5) is 0 Å². The fourth-order valence-electron chi connectivity index (χ4n) is 0.936. The molecule has 62 valence electrons. The van der Waals surface area contributed by atoms with Crippen molar-refractivity contribution in [3.8, 4) is 12.3 Å². The smallest absolute Gasteiger partial charge is 0.117 e.